The zero-order valence-electron chi connectivity index (χ0n) is 14.6. The van der Waals surface area contributed by atoms with Crippen LogP contribution in [0.15, 0.2) is 0 Å². The Bertz CT molecular complexity index is 530. The van der Waals surface area contributed by atoms with E-state index in [-0.39, 0.29) is 10.8 Å². The molecular weight excluding hydrogens is 310 g/mol. The van der Waals surface area contributed by atoms with Crippen molar-refractivity contribution < 1.29 is 24.2 Å². The van der Waals surface area contributed by atoms with Gasteiger partial charge in [0.15, 0.2) is 0 Å². The van der Waals surface area contributed by atoms with Crippen molar-refractivity contribution >= 4 is 18.3 Å². The number of carbonyl (C=O) groups excluding carboxylic acids is 2. The van der Waals surface area contributed by atoms with Crippen molar-refractivity contribution in [1.29, 1.82) is 0 Å². The van der Waals surface area contributed by atoms with E-state index >= 15 is 0 Å². The molecule has 6 fully saturated rings. The fraction of sp³-hybridized carbons (Fsp3) is 0.833. The van der Waals surface area contributed by atoms with Crippen LogP contribution >= 0.6 is 0 Å². The molecule has 6 aliphatic rings. The summed E-state index contributed by atoms with van der Waals surface area (Å²) in [7, 11) is 0. The third-order valence-corrected chi connectivity index (χ3v) is 5.94. The molecule has 1 unspecified atom stereocenters. The van der Waals surface area contributed by atoms with Gasteiger partial charge < -0.3 is 20.0 Å². The number of carboxylic acid groups (broad SMARTS) is 1. The fourth-order valence-corrected chi connectivity index (χ4v) is 4.49. The zero-order chi connectivity index (χ0) is 17.8. The lowest BCUT2D eigenvalue weighted by atomic mass is 9.42. The first-order valence-corrected chi connectivity index (χ1v) is 8.75. The van der Waals surface area contributed by atoms with E-state index in [1.54, 1.807) is 20.8 Å². The van der Waals surface area contributed by atoms with Gasteiger partial charge in [0.1, 0.15) is 17.9 Å². The van der Waals surface area contributed by atoms with Crippen LogP contribution in [0.25, 0.3) is 0 Å². The van der Waals surface area contributed by atoms with E-state index in [9.17, 15) is 19.5 Å². The van der Waals surface area contributed by atoms with Crippen LogP contribution in [0.3, 0.4) is 0 Å². The smallest absolute Gasteiger partial charge is 0.408 e. The predicted molar refractivity (Wildman–Crippen MR) is 86.4 cm³/mol. The lowest BCUT2D eigenvalue weighted by Crippen LogP contribution is -2.66. The highest BCUT2D eigenvalue weighted by Crippen LogP contribution is 2.66. The predicted octanol–water partition coefficient (Wildman–Crippen LogP) is 2.75. The van der Waals surface area contributed by atoms with E-state index in [1.165, 1.54) is 19.3 Å². The van der Waals surface area contributed by atoms with Gasteiger partial charge in [0.05, 0.1) is 0 Å². The number of carboxylic acids is 1. The van der Waals surface area contributed by atoms with Gasteiger partial charge in [-0.05, 0) is 71.1 Å². The third-order valence-electron chi connectivity index (χ3n) is 5.94. The molecule has 6 saturated carbocycles. The van der Waals surface area contributed by atoms with E-state index in [1.807, 2.05) is 0 Å². The molecule has 6 rings (SSSR count). The highest BCUT2D eigenvalue weighted by Gasteiger charge is 2.63. The van der Waals surface area contributed by atoms with Crippen LogP contribution in [0.4, 0.5) is 4.79 Å². The van der Waals surface area contributed by atoms with Crippen LogP contribution < -0.4 is 5.32 Å². The minimum absolute atomic E-state index is 0.201. The largest absolute Gasteiger partial charge is 0.480 e. The number of hydrogen-bond donors (Lipinski definition) is 2. The summed E-state index contributed by atoms with van der Waals surface area (Å²) in [6, 6.07) is -0.803. The summed E-state index contributed by atoms with van der Waals surface area (Å²) in [6.07, 6.45) is 6.87. The molecule has 6 aliphatic carbocycles. The second kappa shape index (κ2) is 5.46. The number of rotatable bonds is 4. The van der Waals surface area contributed by atoms with Crippen molar-refractivity contribution in [3.63, 3.8) is 0 Å². The molecule has 1 amide bonds. The molecule has 134 valence electrons. The SMILES string of the molecule is CC(C)(C)OC(=O)NC(C(=O)O)C12CC(C1)C2.O=CC12CC(C1)C2. The van der Waals surface area contributed by atoms with Gasteiger partial charge in [0, 0.05) is 10.8 Å². The number of carbonyl (C=O) groups is 3. The molecule has 0 aliphatic heterocycles. The van der Waals surface area contributed by atoms with Crippen molar-refractivity contribution in [3.05, 3.63) is 0 Å². The molecule has 24 heavy (non-hydrogen) atoms. The van der Waals surface area contributed by atoms with Gasteiger partial charge in [0.25, 0.3) is 0 Å². The molecule has 0 radical (unpaired) electrons. The summed E-state index contributed by atoms with van der Waals surface area (Å²) < 4.78 is 5.09. The second-order valence-electron chi connectivity index (χ2n) is 9.22. The Hall–Kier alpha value is -1.59. The molecule has 0 heterocycles. The maximum atomic E-state index is 11.6. The Morgan fingerprint density at radius 3 is 1.83 bits per heavy atom. The average molecular weight is 337 g/mol. The van der Waals surface area contributed by atoms with E-state index < -0.39 is 23.7 Å². The Morgan fingerprint density at radius 1 is 1.12 bits per heavy atom. The number of aliphatic carboxylic acids is 1. The Balaban J connectivity index is 0.000000198. The molecule has 6 nitrogen and oxygen atoms in total. The molecule has 0 aromatic carbocycles. The Morgan fingerprint density at radius 2 is 1.62 bits per heavy atom. The molecule has 0 saturated heterocycles. The van der Waals surface area contributed by atoms with Crippen LogP contribution in [0, 0.1) is 22.7 Å². The van der Waals surface area contributed by atoms with Crippen molar-refractivity contribution in [2.24, 2.45) is 22.7 Å². The van der Waals surface area contributed by atoms with Crippen LogP contribution in [0.2, 0.25) is 0 Å². The highest BCUT2D eigenvalue weighted by molar-refractivity contribution is 5.81. The van der Waals surface area contributed by atoms with Crippen LogP contribution in [0.1, 0.15) is 59.3 Å². The number of amides is 1. The standard InChI is InChI=1S/C12H19NO4.C6H8O/c1-11(2,3)17-10(16)13-8(9(14)15)12-4-7(5-12)6-12;7-4-6-1-5(2-6)3-6/h7-8H,4-6H2,1-3H3,(H,13,16)(H,14,15);4-5H,1-3H2. The summed E-state index contributed by atoms with van der Waals surface area (Å²) >= 11 is 0. The summed E-state index contributed by atoms with van der Waals surface area (Å²) in [6.45, 7) is 5.26. The lowest BCUT2D eigenvalue weighted by molar-refractivity contribution is -0.169. The van der Waals surface area contributed by atoms with Gasteiger partial charge in [-0.2, -0.15) is 0 Å². The molecule has 0 aromatic heterocycles. The Labute approximate surface area is 142 Å². The topological polar surface area (TPSA) is 92.7 Å². The summed E-state index contributed by atoms with van der Waals surface area (Å²) in [5.41, 5.74) is -0.579. The lowest BCUT2D eigenvalue weighted by Gasteiger charge is -2.64. The molecule has 1 atom stereocenters. The third kappa shape index (κ3) is 3.03. The second-order valence-corrected chi connectivity index (χ2v) is 9.22. The minimum atomic E-state index is -0.964. The van der Waals surface area contributed by atoms with E-state index in [4.69, 9.17) is 4.74 Å². The first-order valence-electron chi connectivity index (χ1n) is 8.75. The fourth-order valence-electron chi connectivity index (χ4n) is 4.49. The van der Waals surface area contributed by atoms with Crippen molar-refractivity contribution in [2.75, 3.05) is 0 Å². The number of nitrogens with one attached hydrogen (secondary N) is 1. The van der Waals surface area contributed by atoms with Gasteiger partial charge in [0.2, 0.25) is 0 Å². The normalized spacial score (nSPS) is 38.5. The van der Waals surface area contributed by atoms with Gasteiger partial charge in [-0.25, -0.2) is 9.59 Å². The van der Waals surface area contributed by atoms with Crippen LogP contribution in [0.5, 0.6) is 0 Å². The zero-order valence-corrected chi connectivity index (χ0v) is 14.6. The van der Waals surface area contributed by atoms with Gasteiger partial charge in [-0.3, -0.25) is 0 Å². The summed E-state index contributed by atoms with van der Waals surface area (Å²) in [4.78, 5) is 32.9. The van der Waals surface area contributed by atoms with E-state index in [0.29, 0.717) is 5.92 Å². The molecular formula is C18H27NO5. The summed E-state index contributed by atoms with van der Waals surface area (Å²) in [5, 5.41) is 11.7. The molecule has 0 aromatic rings. The molecule has 0 spiro atoms. The van der Waals surface area contributed by atoms with Crippen molar-refractivity contribution in [3.8, 4) is 0 Å². The van der Waals surface area contributed by atoms with Gasteiger partial charge in [-0.15, -0.1) is 0 Å². The molecule has 2 N–H and O–H groups in total. The van der Waals surface area contributed by atoms with Crippen LogP contribution in [-0.4, -0.2) is 35.1 Å². The highest BCUT2D eigenvalue weighted by atomic mass is 16.6. The monoisotopic (exact) mass is 337 g/mol. The quantitative estimate of drug-likeness (QED) is 0.770. The number of hydrogen-bond acceptors (Lipinski definition) is 4. The average Bonchev–Trinajstić information content (AvgIpc) is 2.18. The van der Waals surface area contributed by atoms with Gasteiger partial charge >= 0.3 is 12.1 Å². The van der Waals surface area contributed by atoms with E-state index in [2.05, 4.69) is 5.32 Å². The molecule has 4 bridgehead atoms. The Kier molecular flexibility index (Phi) is 3.92. The van der Waals surface area contributed by atoms with E-state index in [0.717, 1.165) is 31.5 Å². The first kappa shape index (κ1) is 17.2. The molecule has 6 heteroatoms. The van der Waals surface area contributed by atoms with Crippen LogP contribution in [-0.2, 0) is 14.3 Å². The van der Waals surface area contributed by atoms with Gasteiger partial charge in [-0.1, -0.05) is 0 Å². The maximum Gasteiger partial charge on any atom is 0.408 e. The van der Waals surface area contributed by atoms with Crippen molar-refractivity contribution in [2.45, 2.75) is 70.9 Å². The number of alkyl carbamates (subject to hydrolysis) is 1. The minimum Gasteiger partial charge on any atom is -0.480 e. The summed E-state index contributed by atoms with van der Waals surface area (Å²) in [5.74, 6) is 0.663. The van der Waals surface area contributed by atoms with Crippen molar-refractivity contribution in [1.82, 2.24) is 5.32 Å². The number of ether oxygens (including phenoxy) is 1. The maximum absolute atomic E-state index is 11.6. The first-order chi connectivity index (χ1) is 11.1. The number of aldehydes is 1.